The summed E-state index contributed by atoms with van der Waals surface area (Å²) in [6.45, 7) is 10.9. The molecule has 0 spiro atoms. The number of hydrogen-bond acceptors (Lipinski definition) is 4. The first-order valence-electron chi connectivity index (χ1n) is 9.79. The highest BCUT2D eigenvalue weighted by molar-refractivity contribution is 5.77. The first-order valence-corrected chi connectivity index (χ1v) is 9.79. The molecular weight excluding hydrogens is 328 g/mol. The lowest BCUT2D eigenvalue weighted by Gasteiger charge is -2.33. The molecule has 0 unspecified atom stereocenters. The lowest BCUT2D eigenvalue weighted by molar-refractivity contribution is -0.133. The van der Waals surface area contributed by atoms with E-state index < -0.39 is 0 Å². The van der Waals surface area contributed by atoms with Crippen molar-refractivity contribution >= 4 is 5.91 Å². The zero-order chi connectivity index (χ0) is 18.4. The lowest BCUT2D eigenvalue weighted by atomic mass is 9.81. The third-order valence-electron chi connectivity index (χ3n) is 5.42. The average molecular weight is 360 g/mol. The summed E-state index contributed by atoms with van der Waals surface area (Å²) in [6, 6.07) is 10.3. The fourth-order valence-corrected chi connectivity index (χ4v) is 3.79. The van der Waals surface area contributed by atoms with Gasteiger partial charge < -0.3 is 14.4 Å². The second-order valence-corrected chi connectivity index (χ2v) is 8.03. The maximum atomic E-state index is 13.0. The summed E-state index contributed by atoms with van der Waals surface area (Å²) in [5, 5.41) is 0. The fourth-order valence-electron chi connectivity index (χ4n) is 3.79. The molecule has 2 saturated heterocycles. The number of benzene rings is 1. The number of rotatable bonds is 5. The highest BCUT2D eigenvalue weighted by atomic mass is 16.5. The summed E-state index contributed by atoms with van der Waals surface area (Å²) in [7, 11) is 0. The van der Waals surface area contributed by atoms with Crippen molar-refractivity contribution in [2.24, 2.45) is 0 Å². The van der Waals surface area contributed by atoms with Crippen LogP contribution in [0.5, 0.6) is 0 Å². The number of amides is 1. The molecule has 2 aliphatic rings. The third-order valence-corrected chi connectivity index (χ3v) is 5.42. The molecule has 0 aliphatic carbocycles. The van der Waals surface area contributed by atoms with Crippen LogP contribution >= 0.6 is 0 Å². The van der Waals surface area contributed by atoms with Crippen LogP contribution in [0.1, 0.15) is 32.3 Å². The molecule has 26 heavy (non-hydrogen) atoms. The number of carbonyl (C=O) groups is 1. The van der Waals surface area contributed by atoms with Gasteiger partial charge in [-0.15, -0.1) is 0 Å². The van der Waals surface area contributed by atoms with Crippen LogP contribution in [0.2, 0.25) is 0 Å². The lowest BCUT2D eigenvalue weighted by Crippen LogP contribution is -2.46. The van der Waals surface area contributed by atoms with E-state index in [1.807, 2.05) is 23.1 Å². The molecule has 0 saturated carbocycles. The minimum Gasteiger partial charge on any atom is -0.379 e. The number of carbonyl (C=O) groups excluding carboxylic acids is 1. The predicted molar refractivity (Wildman–Crippen MR) is 102 cm³/mol. The van der Waals surface area contributed by atoms with Crippen LogP contribution in [0.4, 0.5) is 0 Å². The van der Waals surface area contributed by atoms with Crippen molar-refractivity contribution in [3.05, 3.63) is 35.9 Å². The van der Waals surface area contributed by atoms with E-state index in [0.29, 0.717) is 13.0 Å². The number of ether oxygens (including phenoxy) is 2. The van der Waals surface area contributed by atoms with Gasteiger partial charge in [-0.25, -0.2) is 0 Å². The van der Waals surface area contributed by atoms with Gasteiger partial charge in [0.25, 0.3) is 0 Å². The van der Waals surface area contributed by atoms with Gasteiger partial charge in [-0.3, -0.25) is 9.69 Å². The molecule has 0 N–H and O–H groups in total. The van der Waals surface area contributed by atoms with Crippen LogP contribution < -0.4 is 0 Å². The second-order valence-electron chi connectivity index (χ2n) is 8.03. The van der Waals surface area contributed by atoms with E-state index in [0.717, 1.165) is 52.4 Å². The SMILES string of the molecule is CC(C)(CC(=O)N1CCCO[C@H](CN2CCOCC2)C1)c1ccccc1. The van der Waals surface area contributed by atoms with Crippen molar-refractivity contribution < 1.29 is 14.3 Å². The first kappa shape index (κ1) is 19.3. The van der Waals surface area contributed by atoms with Crippen LogP contribution in [0.25, 0.3) is 0 Å². The summed E-state index contributed by atoms with van der Waals surface area (Å²) in [4.78, 5) is 17.4. The summed E-state index contributed by atoms with van der Waals surface area (Å²) in [5.41, 5.74) is 1.05. The highest BCUT2D eigenvalue weighted by Gasteiger charge is 2.30. The molecule has 1 aromatic rings. The highest BCUT2D eigenvalue weighted by Crippen LogP contribution is 2.28. The summed E-state index contributed by atoms with van der Waals surface area (Å²) >= 11 is 0. The Morgan fingerprint density at radius 3 is 2.58 bits per heavy atom. The maximum absolute atomic E-state index is 13.0. The van der Waals surface area contributed by atoms with Crippen LogP contribution in [0, 0.1) is 0 Å². The van der Waals surface area contributed by atoms with Gasteiger partial charge in [0.05, 0.1) is 19.3 Å². The molecule has 2 heterocycles. The van der Waals surface area contributed by atoms with Crippen molar-refractivity contribution in [2.45, 2.75) is 38.2 Å². The zero-order valence-electron chi connectivity index (χ0n) is 16.2. The molecule has 0 bridgehead atoms. The van der Waals surface area contributed by atoms with E-state index in [1.54, 1.807) is 0 Å². The average Bonchev–Trinajstić information content (AvgIpc) is 2.89. The smallest absolute Gasteiger partial charge is 0.223 e. The molecule has 2 fully saturated rings. The van der Waals surface area contributed by atoms with E-state index >= 15 is 0 Å². The molecule has 144 valence electrons. The number of nitrogens with zero attached hydrogens (tertiary/aromatic N) is 2. The topological polar surface area (TPSA) is 42.0 Å². The van der Waals surface area contributed by atoms with Gasteiger partial charge in [-0.1, -0.05) is 44.2 Å². The Balaban J connectivity index is 1.58. The third kappa shape index (κ3) is 5.29. The Morgan fingerprint density at radius 1 is 1.12 bits per heavy atom. The van der Waals surface area contributed by atoms with E-state index in [2.05, 4.69) is 30.9 Å². The van der Waals surface area contributed by atoms with Gasteiger partial charge in [0, 0.05) is 45.8 Å². The second kappa shape index (κ2) is 8.98. The van der Waals surface area contributed by atoms with Crippen LogP contribution in [-0.2, 0) is 19.7 Å². The molecule has 0 radical (unpaired) electrons. The molecule has 2 aliphatic heterocycles. The Labute approximate surface area is 157 Å². The molecule has 0 aromatic heterocycles. The minimum atomic E-state index is -0.161. The Morgan fingerprint density at radius 2 is 1.85 bits per heavy atom. The van der Waals surface area contributed by atoms with Gasteiger partial charge in [0.1, 0.15) is 0 Å². The van der Waals surface area contributed by atoms with Gasteiger partial charge in [0.2, 0.25) is 5.91 Å². The van der Waals surface area contributed by atoms with E-state index in [9.17, 15) is 4.79 Å². The van der Waals surface area contributed by atoms with Crippen molar-refractivity contribution in [2.75, 3.05) is 52.5 Å². The van der Waals surface area contributed by atoms with E-state index in [-0.39, 0.29) is 17.4 Å². The van der Waals surface area contributed by atoms with Gasteiger partial charge in [-0.05, 0) is 17.4 Å². The standard InChI is InChI=1S/C21H32N2O3/c1-21(2,18-7-4-3-5-8-18)15-20(24)23-9-6-12-26-19(17-23)16-22-10-13-25-14-11-22/h3-5,7-8,19H,6,9-17H2,1-2H3/t19-/m1/s1. The predicted octanol–water partition coefficient (Wildman–Crippen LogP) is 2.30. The van der Waals surface area contributed by atoms with Crippen molar-refractivity contribution in [3.8, 4) is 0 Å². The molecule has 3 rings (SSSR count). The largest absolute Gasteiger partial charge is 0.379 e. The molecule has 5 nitrogen and oxygen atoms in total. The zero-order valence-corrected chi connectivity index (χ0v) is 16.2. The normalized spacial score (nSPS) is 22.8. The summed E-state index contributed by atoms with van der Waals surface area (Å²) in [5.74, 6) is 0.233. The summed E-state index contributed by atoms with van der Waals surface area (Å²) < 4.78 is 11.4. The Bertz CT molecular complexity index is 570. The van der Waals surface area contributed by atoms with Crippen LogP contribution in [-0.4, -0.2) is 74.4 Å². The molecule has 1 atom stereocenters. The van der Waals surface area contributed by atoms with Crippen LogP contribution in [0.3, 0.4) is 0 Å². The quantitative estimate of drug-likeness (QED) is 0.808. The molecule has 1 amide bonds. The minimum absolute atomic E-state index is 0.0967. The number of hydrogen-bond donors (Lipinski definition) is 0. The van der Waals surface area contributed by atoms with Crippen LogP contribution in [0.15, 0.2) is 30.3 Å². The maximum Gasteiger partial charge on any atom is 0.223 e. The number of morpholine rings is 1. The van der Waals surface area contributed by atoms with E-state index in [1.165, 1.54) is 5.56 Å². The van der Waals surface area contributed by atoms with Crippen molar-refractivity contribution in [1.29, 1.82) is 0 Å². The summed E-state index contributed by atoms with van der Waals surface area (Å²) in [6.07, 6.45) is 1.54. The van der Waals surface area contributed by atoms with Gasteiger partial charge in [0.15, 0.2) is 0 Å². The Hall–Kier alpha value is -1.43. The Kier molecular flexibility index (Phi) is 6.68. The monoisotopic (exact) mass is 360 g/mol. The van der Waals surface area contributed by atoms with Crippen molar-refractivity contribution in [3.63, 3.8) is 0 Å². The fraction of sp³-hybridized carbons (Fsp3) is 0.667. The van der Waals surface area contributed by atoms with Crippen molar-refractivity contribution in [1.82, 2.24) is 9.80 Å². The van der Waals surface area contributed by atoms with E-state index in [4.69, 9.17) is 9.47 Å². The first-order chi connectivity index (χ1) is 12.5. The molecular formula is C21H32N2O3. The molecule has 5 heteroatoms. The molecule has 1 aromatic carbocycles. The van der Waals surface area contributed by atoms with Gasteiger partial charge >= 0.3 is 0 Å². The van der Waals surface area contributed by atoms with Gasteiger partial charge in [-0.2, -0.15) is 0 Å².